The average Bonchev–Trinajstić information content (AvgIpc) is 2.91. The van der Waals surface area contributed by atoms with Crippen molar-refractivity contribution in [2.75, 3.05) is 33.2 Å². The maximum absolute atomic E-state index is 14.0. The first kappa shape index (κ1) is 29.2. The summed E-state index contributed by atoms with van der Waals surface area (Å²) in [6, 6.07) is 2.83. The Labute approximate surface area is 231 Å². The van der Waals surface area contributed by atoms with Crippen LogP contribution in [0.15, 0.2) is 29.2 Å². The smallest absolute Gasteiger partial charge is 0.274 e. The van der Waals surface area contributed by atoms with Gasteiger partial charge in [0, 0.05) is 77.1 Å². The van der Waals surface area contributed by atoms with E-state index in [0.717, 1.165) is 31.7 Å². The topological polar surface area (TPSA) is 124 Å². The molecule has 4 rings (SSSR count). The van der Waals surface area contributed by atoms with Crippen molar-refractivity contribution in [3.63, 3.8) is 0 Å². The summed E-state index contributed by atoms with van der Waals surface area (Å²) in [6.45, 7) is 3.49. The molecule has 12 heteroatoms. The van der Waals surface area contributed by atoms with E-state index >= 15 is 0 Å². The average molecular weight is 560 g/mol. The molecule has 1 fully saturated rings. The van der Waals surface area contributed by atoms with Crippen molar-refractivity contribution in [2.24, 2.45) is 5.92 Å². The third-order valence-electron chi connectivity index (χ3n) is 7.80. The van der Waals surface area contributed by atoms with Gasteiger partial charge in [0.2, 0.25) is 11.3 Å². The summed E-state index contributed by atoms with van der Waals surface area (Å²) in [5.41, 5.74) is -1.59. The van der Waals surface area contributed by atoms with Gasteiger partial charge < -0.3 is 25.2 Å². The van der Waals surface area contributed by atoms with Crippen molar-refractivity contribution < 1.29 is 28.3 Å². The van der Waals surface area contributed by atoms with Gasteiger partial charge in [0.1, 0.15) is 17.2 Å². The van der Waals surface area contributed by atoms with E-state index < -0.39 is 40.2 Å². The Hall–Kier alpha value is -3.80. The molecule has 0 spiro atoms. The Morgan fingerprint density at radius 3 is 2.58 bits per heavy atom. The Morgan fingerprint density at radius 1 is 1.10 bits per heavy atom. The van der Waals surface area contributed by atoms with Crippen LogP contribution < -0.4 is 16.1 Å². The highest BCUT2D eigenvalue weighted by atomic mass is 19.1. The van der Waals surface area contributed by atoms with Gasteiger partial charge in [0.05, 0.1) is 0 Å². The molecule has 1 aromatic carbocycles. The van der Waals surface area contributed by atoms with E-state index in [0.29, 0.717) is 32.2 Å². The van der Waals surface area contributed by atoms with Gasteiger partial charge in [-0.25, -0.2) is 8.78 Å². The molecule has 0 unspecified atom stereocenters. The zero-order valence-electron chi connectivity index (χ0n) is 22.7. The number of carbonyl (C=O) groups excluding carboxylic acids is 3. The highest BCUT2D eigenvalue weighted by Gasteiger charge is 2.36. The number of hydrogen-bond donors (Lipinski definition) is 3. The minimum atomic E-state index is -1.01. The van der Waals surface area contributed by atoms with E-state index in [9.17, 15) is 33.1 Å². The number of aromatic nitrogens is 1. The summed E-state index contributed by atoms with van der Waals surface area (Å²) >= 11 is 0. The number of amides is 3. The first-order valence-corrected chi connectivity index (χ1v) is 13.5. The van der Waals surface area contributed by atoms with Crippen molar-refractivity contribution in [3.8, 4) is 5.75 Å². The minimum Gasteiger partial charge on any atom is -0.503 e. The number of aromatic hydroxyl groups is 1. The maximum Gasteiger partial charge on any atom is 0.274 e. The maximum atomic E-state index is 14.0. The Balaban J connectivity index is 1.66. The van der Waals surface area contributed by atoms with Gasteiger partial charge in [-0.05, 0) is 24.8 Å². The van der Waals surface area contributed by atoms with E-state index in [1.165, 1.54) is 23.8 Å². The highest BCUT2D eigenvalue weighted by Crippen LogP contribution is 2.31. The molecule has 3 N–H and O–H groups in total. The number of nitrogens with one attached hydrogen (secondary N) is 2. The van der Waals surface area contributed by atoms with Crippen molar-refractivity contribution >= 4 is 17.7 Å². The number of nitrogens with zero attached hydrogens (tertiary/aromatic N) is 3. The second-order valence-corrected chi connectivity index (χ2v) is 10.5. The zero-order valence-corrected chi connectivity index (χ0v) is 22.7. The molecule has 216 valence electrons. The molecular formula is C28H35F2N5O5. The van der Waals surface area contributed by atoms with E-state index in [1.807, 2.05) is 0 Å². The second kappa shape index (κ2) is 12.6. The number of fused-ring (bicyclic) bond motifs is 2. The van der Waals surface area contributed by atoms with Crippen LogP contribution in [0.1, 0.15) is 59.0 Å². The largest absolute Gasteiger partial charge is 0.503 e. The first-order chi connectivity index (χ1) is 19.1. The monoisotopic (exact) mass is 559 g/mol. The molecule has 0 bridgehead atoms. The molecule has 0 saturated heterocycles. The number of pyridine rings is 1. The van der Waals surface area contributed by atoms with Crippen LogP contribution in [0.5, 0.6) is 5.75 Å². The molecule has 1 aromatic heterocycles. The van der Waals surface area contributed by atoms with E-state index in [-0.39, 0.29) is 42.2 Å². The standard InChI is InChI=1S/C28H35F2N5O5/c1-17(36)31-9-10-34-11-12-35-16-21(27(39)32-14-18-7-8-20(29)13-22(18)30)25(37)26(38)24(35)28(40)33(2)23-6-4-3-5-19(23)15-34/h7-8,13,16,19,23,38H,3-6,9-12,14-15H2,1-2H3,(H,31,36)(H,32,39)/t19-,23-/m0/s1. The Bertz CT molecular complexity index is 1350. The van der Waals surface area contributed by atoms with Crippen LogP contribution in [0.4, 0.5) is 8.78 Å². The number of rotatable bonds is 6. The number of carbonyl (C=O) groups is 3. The van der Waals surface area contributed by atoms with Gasteiger partial charge in [-0.2, -0.15) is 0 Å². The van der Waals surface area contributed by atoms with Crippen LogP contribution in [-0.4, -0.2) is 76.5 Å². The van der Waals surface area contributed by atoms with Gasteiger partial charge in [-0.15, -0.1) is 0 Å². The molecule has 1 aliphatic carbocycles. The molecule has 10 nitrogen and oxygen atoms in total. The molecule has 3 amide bonds. The summed E-state index contributed by atoms with van der Waals surface area (Å²) in [7, 11) is 1.67. The molecule has 40 heavy (non-hydrogen) atoms. The number of halogens is 2. The third-order valence-corrected chi connectivity index (χ3v) is 7.80. The molecule has 2 heterocycles. The third kappa shape index (κ3) is 6.49. The molecule has 2 aromatic rings. The molecule has 1 saturated carbocycles. The van der Waals surface area contributed by atoms with Gasteiger partial charge in [0.25, 0.3) is 11.8 Å². The van der Waals surface area contributed by atoms with Crippen LogP contribution in [0.3, 0.4) is 0 Å². The molecule has 1 aliphatic heterocycles. The van der Waals surface area contributed by atoms with Crippen molar-refractivity contribution in [3.05, 3.63) is 63.1 Å². The lowest BCUT2D eigenvalue weighted by atomic mass is 9.83. The first-order valence-electron chi connectivity index (χ1n) is 13.5. The zero-order chi connectivity index (χ0) is 29.0. The lowest BCUT2D eigenvalue weighted by molar-refractivity contribution is -0.119. The van der Waals surface area contributed by atoms with E-state index in [2.05, 4.69) is 15.5 Å². The fourth-order valence-electron chi connectivity index (χ4n) is 5.64. The van der Waals surface area contributed by atoms with Crippen LogP contribution in [0.2, 0.25) is 0 Å². The molecule has 2 atom stereocenters. The van der Waals surface area contributed by atoms with Crippen LogP contribution in [0.25, 0.3) is 0 Å². The lowest BCUT2D eigenvalue weighted by Gasteiger charge is -2.41. The predicted octanol–water partition coefficient (Wildman–Crippen LogP) is 1.84. The highest BCUT2D eigenvalue weighted by molar-refractivity contribution is 5.98. The van der Waals surface area contributed by atoms with Crippen LogP contribution in [-0.2, 0) is 17.9 Å². The van der Waals surface area contributed by atoms with Gasteiger partial charge in [0.15, 0.2) is 11.4 Å². The van der Waals surface area contributed by atoms with Crippen LogP contribution in [0, 0.1) is 17.6 Å². The molecule has 2 aliphatic rings. The van der Waals surface area contributed by atoms with Crippen molar-refractivity contribution in [2.45, 2.75) is 51.7 Å². The van der Waals surface area contributed by atoms with Gasteiger partial charge in [-0.1, -0.05) is 18.9 Å². The number of benzene rings is 1. The van der Waals surface area contributed by atoms with Gasteiger partial charge in [-0.3, -0.25) is 24.1 Å². The summed E-state index contributed by atoms with van der Waals surface area (Å²) in [4.78, 5) is 54.9. The second-order valence-electron chi connectivity index (χ2n) is 10.5. The van der Waals surface area contributed by atoms with E-state index in [4.69, 9.17) is 0 Å². The normalized spacial score (nSPS) is 19.9. The van der Waals surface area contributed by atoms with Crippen molar-refractivity contribution in [1.29, 1.82) is 0 Å². The summed E-state index contributed by atoms with van der Waals surface area (Å²) in [5, 5.41) is 16.2. The quantitative estimate of drug-likeness (QED) is 0.497. The van der Waals surface area contributed by atoms with Crippen LogP contribution >= 0.6 is 0 Å². The van der Waals surface area contributed by atoms with Gasteiger partial charge >= 0.3 is 0 Å². The Kier molecular flexibility index (Phi) is 9.18. The van der Waals surface area contributed by atoms with E-state index in [1.54, 1.807) is 11.9 Å². The summed E-state index contributed by atoms with van der Waals surface area (Å²) < 4.78 is 28.7. The summed E-state index contributed by atoms with van der Waals surface area (Å²) in [5.74, 6) is -3.74. The summed E-state index contributed by atoms with van der Waals surface area (Å²) in [6.07, 6.45) is 4.97. The fourth-order valence-corrected chi connectivity index (χ4v) is 5.64. The molecule has 0 radical (unpaired) electrons. The predicted molar refractivity (Wildman–Crippen MR) is 143 cm³/mol. The molecular weight excluding hydrogens is 524 g/mol. The number of hydrogen-bond acceptors (Lipinski definition) is 6. The van der Waals surface area contributed by atoms with Crippen molar-refractivity contribution in [1.82, 2.24) is 25.0 Å². The minimum absolute atomic E-state index is 0.0201. The SMILES string of the molecule is CC(=O)NCCN1CCn2cc(C(=O)NCc3ccc(F)cc3F)c(=O)c(O)c2C(=O)N(C)[C@H]2CCCC[C@H]2C1. The lowest BCUT2D eigenvalue weighted by Crippen LogP contribution is -2.50. The Morgan fingerprint density at radius 2 is 1.85 bits per heavy atom. The fraction of sp³-hybridized carbons (Fsp3) is 0.500.